The zero-order chi connectivity index (χ0) is 14.0. The van der Waals surface area contributed by atoms with E-state index in [1.807, 2.05) is 19.4 Å². The molecule has 0 fully saturated rings. The van der Waals surface area contributed by atoms with Gasteiger partial charge >= 0.3 is 0 Å². The van der Waals surface area contributed by atoms with Crippen molar-refractivity contribution in [3.05, 3.63) is 18.7 Å². The molecule has 19 heavy (non-hydrogen) atoms. The van der Waals surface area contributed by atoms with Crippen molar-refractivity contribution >= 4 is 10.0 Å². The molecule has 1 N–H and O–H groups in total. The molecule has 0 atom stereocenters. The molecule has 0 aliphatic rings. The minimum Gasteiger partial charge on any atom is -0.337 e. The number of nitrogens with zero attached hydrogens (tertiary/aromatic N) is 2. The average molecular weight is 287 g/mol. The van der Waals surface area contributed by atoms with Gasteiger partial charge in [-0.25, -0.2) is 18.1 Å². The Hall–Kier alpha value is -0.880. The Kier molecular flexibility index (Phi) is 7.74. The molecule has 0 unspecified atom stereocenters. The van der Waals surface area contributed by atoms with Gasteiger partial charge in [0.15, 0.2) is 0 Å². The van der Waals surface area contributed by atoms with Crippen LogP contribution in [0.4, 0.5) is 0 Å². The minimum absolute atomic E-state index is 0.254. The van der Waals surface area contributed by atoms with Crippen molar-refractivity contribution in [2.75, 3.05) is 12.3 Å². The third-order valence-corrected chi connectivity index (χ3v) is 4.46. The van der Waals surface area contributed by atoms with Crippen LogP contribution in [-0.2, 0) is 16.6 Å². The lowest BCUT2D eigenvalue weighted by molar-refractivity contribution is 0.555. The summed E-state index contributed by atoms with van der Waals surface area (Å²) in [6.45, 7) is 3.55. The van der Waals surface area contributed by atoms with Crippen LogP contribution in [0.3, 0.4) is 0 Å². The normalized spacial score (nSPS) is 11.8. The van der Waals surface area contributed by atoms with Crippen molar-refractivity contribution in [2.24, 2.45) is 0 Å². The van der Waals surface area contributed by atoms with E-state index in [-0.39, 0.29) is 5.75 Å². The first-order valence-corrected chi connectivity index (χ1v) is 8.72. The Balaban J connectivity index is 1.96. The van der Waals surface area contributed by atoms with Crippen LogP contribution in [0.15, 0.2) is 18.7 Å². The van der Waals surface area contributed by atoms with Gasteiger partial charge in [-0.2, -0.15) is 0 Å². The standard InChI is InChI=1S/C13H25N3O2S/c1-2-3-12-19(17,18)15-8-6-4-5-7-10-16-11-9-14-13-16/h9,11,13,15H,2-8,10,12H2,1H3. The number of aryl methyl sites for hydroxylation is 1. The average Bonchev–Trinajstić information content (AvgIpc) is 2.88. The maximum Gasteiger partial charge on any atom is 0.211 e. The number of nitrogens with one attached hydrogen (secondary N) is 1. The molecule has 0 spiro atoms. The molecule has 1 rings (SSSR count). The zero-order valence-corrected chi connectivity index (χ0v) is 12.5. The Labute approximate surface area is 116 Å². The lowest BCUT2D eigenvalue weighted by Crippen LogP contribution is -2.27. The van der Waals surface area contributed by atoms with Gasteiger partial charge in [0.25, 0.3) is 0 Å². The van der Waals surface area contributed by atoms with Crippen molar-refractivity contribution < 1.29 is 8.42 Å². The predicted molar refractivity (Wildman–Crippen MR) is 77.4 cm³/mol. The quantitative estimate of drug-likeness (QED) is 0.634. The molecule has 0 radical (unpaired) electrons. The Morgan fingerprint density at radius 2 is 1.95 bits per heavy atom. The highest BCUT2D eigenvalue weighted by molar-refractivity contribution is 7.89. The van der Waals surface area contributed by atoms with Gasteiger partial charge in [-0.15, -0.1) is 0 Å². The second-order valence-electron chi connectivity index (χ2n) is 4.78. The van der Waals surface area contributed by atoms with Gasteiger partial charge in [0, 0.05) is 25.5 Å². The largest absolute Gasteiger partial charge is 0.337 e. The topological polar surface area (TPSA) is 64.0 Å². The number of imidazole rings is 1. The number of hydrogen-bond donors (Lipinski definition) is 1. The fourth-order valence-electron chi connectivity index (χ4n) is 1.83. The number of rotatable bonds is 11. The van der Waals surface area contributed by atoms with E-state index in [1.165, 1.54) is 0 Å². The zero-order valence-electron chi connectivity index (χ0n) is 11.7. The number of aromatic nitrogens is 2. The second kappa shape index (κ2) is 9.09. The van der Waals surface area contributed by atoms with Gasteiger partial charge in [0.05, 0.1) is 12.1 Å². The number of unbranched alkanes of at least 4 members (excludes halogenated alkanes) is 4. The first-order chi connectivity index (χ1) is 9.14. The molecule has 1 aromatic heterocycles. The van der Waals surface area contributed by atoms with Crippen molar-refractivity contribution in [2.45, 2.75) is 52.0 Å². The lowest BCUT2D eigenvalue weighted by Gasteiger charge is -2.06. The molecule has 1 aromatic rings. The molecular weight excluding hydrogens is 262 g/mol. The third kappa shape index (κ3) is 8.00. The molecule has 0 bridgehead atoms. The Bertz CT molecular complexity index is 415. The fraction of sp³-hybridized carbons (Fsp3) is 0.769. The molecular formula is C13H25N3O2S. The first kappa shape index (κ1) is 16.2. The lowest BCUT2D eigenvalue weighted by atomic mass is 10.2. The first-order valence-electron chi connectivity index (χ1n) is 7.07. The summed E-state index contributed by atoms with van der Waals surface area (Å²) in [4.78, 5) is 3.99. The monoisotopic (exact) mass is 287 g/mol. The SMILES string of the molecule is CCCCS(=O)(=O)NCCCCCCn1ccnc1. The summed E-state index contributed by atoms with van der Waals surface area (Å²) in [6, 6.07) is 0. The molecule has 0 saturated carbocycles. The van der Waals surface area contributed by atoms with Crippen molar-refractivity contribution in [1.29, 1.82) is 0 Å². The molecule has 1 heterocycles. The third-order valence-electron chi connectivity index (χ3n) is 2.99. The smallest absolute Gasteiger partial charge is 0.211 e. The molecule has 0 aromatic carbocycles. The highest BCUT2D eigenvalue weighted by atomic mass is 32.2. The molecule has 0 aliphatic carbocycles. The van der Waals surface area contributed by atoms with E-state index in [9.17, 15) is 8.42 Å². The summed E-state index contributed by atoms with van der Waals surface area (Å²) in [5.41, 5.74) is 0. The van der Waals surface area contributed by atoms with E-state index in [0.29, 0.717) is 6.54 Å². The summed E-state index contributed by atoms with van der Waals surface area (Å²) in [6.07, 6.45) is 11.4. The minimum atomic E-state index is -3.03. The predicted octanol–water partition coefficient (Wildman–Crippen LogP) is 2.16. The van der Waals surface area contributed by atoms with E-state index in [0.717, 1.165) is 45.1 Å². The maximum atomic E-state index is 11.5. The molecule has 6 heteroatoms. The van der Waals surface area contributed by atoms with Crippen LogP contribution in [0.1, 0.15) is 45.4 Å². The molecule has 110 valence electrons. The van der Waals surface area contributed by atoms with Crippen LogP contribution in [0, 0.1) is 0 Å². The van der Waals surface area contributed by atoms with Crippen LogP contribution in [0.5, 0.6) is 0 Å². The van der Waals surface area contributed by atoms with Gasteiger partial charge in [-0.1, -0.05) is 26.2 Å². The van der Waals surface area contributed by atoms with E-state index >= 15 is 0 Å². The molecule has 0 amide bonds. The Morgan fingerprint density at radius 3 is 2.63 bits per heavy atom. The van der Waals surface area contributed by atoms with Gasteiger partial charge in [-0.05, 0) is 19.3 Å². The number of sulfonamides is 1. The van der Waals surface area contributed by atoms with Crippen LogP contribution in [0.25, 0.3) is 0 Å². The highest BCUT2D eigenvalue weighted by Gasteiger charge is 2.07. The second-order valence-corrected chi connectivity index (χ2v) is 6.71. The van der Waals surface area contributed by atoms with E-state index in [4.69, 9.17) is 0 Å². The van der Waals surface area contributed by atoms with Gasteiger partial charge in [-0.3, -0.25) is 0 Å². The number of hydrogen-bond acceptors (Lipinski definition) is 3. The molecule has 5 nitrogen and oxygen atoms in total. The fourth-order valence-corrected chi connectivity index (χ4v) is 3.09. The van der Waals surface area contributed by atoms with Gasteiger partial charge in [0.2, 0.25) is 10.0 Å². The summed E-state index contributed by atoms with van der Waals surface area (Å²) >= 11 is 0. The van der Waals surface area contributed by atoms with Gasteiger partial charge in [0.1, 0.15) is 0 Å². The van der Waals surface area contributed by atoms with E-state index in [1.54, 1.807) is 6.20 Å². The van der Waals surface area contributed by atoms with Crippen molar-refractivity contribution in [1.82, 2.24) is 14.3 Å². The van der Waals surface area contributed by atoms with Crippen LogP contribution in [-0.4, -0.2) is 30.3 Å². The highest BCUT2D eigenvalue weighted by Crippen LogP contribution is 2.02. The van der Waals surface area contributed by atoms with Crippen LogP contribution >= 0.6 is 0 Å². The summed E-state index contributed by atoms with van der Waals surface area (Å²) in [5, 5.41) is 0. The summed E-state index contributed by atoms with van der Waals surface area (Å²) < 4.78 is 27.7. The molecule has 0 saturated heterocycles. The van der Waals surface area contributed by atoms with Gasteiger partial charge < -0.3 is 4.57 Å². The maximum absolute atomic E-state index is 11.5. The Morgan fingerprint density at radius 1 is 1.16 bits per heavy atom. The van der Waals surface area contributed by atoms with Crippen molar-refractivity contribution in [3.8, 4) is 0 Å². The summed E-state index contributed by atoms with van der Waals surface area (Å²) in [5.74, 6) is 0.254. The van der Waals surface area contributed by atoms with Crippen LogP contribution in [0.2, 0.25) is 0 Å². The summed E-state index contributed by atoms with van der Waals surface area (Å²) in [7, 11) is -3.03. The molecule has 0 aliphatic heterocycles. The van der Waals surface area contributed by atoms with E-state index in [2.05, 4.69) is 14.3 Å². The van der Waals surface area contributed by atoms with E-state index < -0.39 is 10.0 Å². The van der Waals surface area contributed by atoms with Crippen molar-refractivity contribution in [3.63, 3.8) is 0 Å². The van der Waals surface area contributed by atoms with Crippen LogP contribution < -0.4 is 4.72 Å².